The highest BCUT2D eigenvalue weighted by molar-refractivity contribution is 7.09. The van der Waals surface area contributed by atoms with E-state index in [4.69, 9.17) is 0 Å². The van der Waals surface area contributed by atoms with E-state index in [0.29, 0.717) is 6.04 Å². The van der Waals surface area contributed by atoms with Gasteiger partial charge in [-0.25, -0.2) is 4.98 Å². The normalized spacial score (nSPS) is 13.1. The van der Waals surface area contributed by atoms with Crippen LogP contribution in [0.4, 0.5) is 0 Å². The van der Waals surface area contributed by atoms with Gasteiger partial charge in [0.15, 0.2) is 0 Å². The van der Waals surface area contributed by atoms with Gasteiger partial charge in [0.25, 0.3) is 0 Å². The summed E-state index contributed by atoms with van der Waals surface area (Å²) in [7, 11) is 0. The van der Waals surface area contributed by atoms with Crippen LogP contribution in [0.25, 0.3) is 0 Å². The Morgan fingerprint density at radius 1 is 1.54 bits per heavy atom. The second-order valence-electron chi connectivity index (χ2n) is 3.19. The molecule has 0 aliphatic rings. The van der Waals surface area contributed by atoms with Crippen molar-refractivity contribution in [2.75, 3.05) is 6.54 Å². The SMILES string of the molecule is CCCNC(CC)Cc1nccs1. The fourth-order valence-electron chi connectivity index (χ4n) is 1.27. The molecule has 1 heterocycles. The molecule has 0 fully saturated rings. The van der Waals surface area contributed by atoms with Gasteiger partial charge in [0, 0.05) is 24.0 Å². The fraction of sp³-hybridized carbons (Fsp3) is 0.700. The van der Waals surface area contributed by atoms with Crippen LogP contribution in [0.5, 0.6) is 0 Å². The van der Waals surface area contributed by atoms with Gasteiger partial charge in [-0.15, -0.1) is 11.3 Å². The monoisotopic (exact) mass is 198 g/mol. The molecule has 0 aliphatic heterocycles. The average molecular weight is 198 g/mol. The Hall–Kier alpha value is -0.410. The maximum Gasteiger partial charge on any atom is 0.0940 e. The molecule has 13 heavy (non-hydrogen) atoms. The first kappa shape index (κ1) is 10.7. The van der Waals surface area contributed by atoms with Gasteiger partial charge in [-0.05, 0) is 19.4 Å². The van der Waals surface area contributed by atoms with Crippen LogP contribution >= 0.6 is 11.3 Å². The zero-order valence-corrected chi connectivity index (χ0v) is 9.23. The predicted molar refractivity (Wildman–Crippen MR) is 58.2 cm³/mol. The average Bonchev–Trinajstić information content (AvgIpc) is 2.64. The molecule has 0 saturated carbocycles. The summed E-state index contributed by atoms with van der Waals surface area (Å²) in [5.41, 5.74) is 0. The summed E-state index contributed by atoms with van der Waals surface area (Å²) in [5, 5.41) is 6.81. The first-order valence-corrected chi connectivity index (χ1v) is 5.86. The highest BCUT2D eigenvalue weighted by Crippen LogP contribution is 2.08. The minimum Gasteiger partial charge on any atom is -0.314 e. The van der Waals surface area contributed by atoms with Gasteiger partial charge in [-0.1, -0.05) is 13.8 Å². The molecule has 1 aromatic heterocycles. The quantitative estimate of drug-likeness (QED) is 0.759. The van der Waals surface area contributed by atoms with Crippen molar-refractivity contribution in [3.63, 3.8) is 0 Å². The van der Waals surface area contributed by atoms with Crippen molar-refractivity contribution in [2.24, 2.45) is 0 Å². The topological polar surface area (TPSA) is 24.9 Å². The molecule has 0 saturated heterocycles. The smallest absolute Gasteiger partial charge is 0.0940 e. The van der Waals surface area contributed by atoms with Crippen LogP contribution in [0.15, 0.2) is 11.6 Å². The molecule has 2 nitrogen and oxygen atoms in total. The van der Waals surface area contributed by atoms with E-state index >= 15 is 0 Å². The number of nitrogens with zero attached hydrogens (tertiary/aromatic N) is 1. The van der Waals surface area contributed by atoms with E-state index in [9.17, 15) is 0 Å². The lowest BCUT2D eigenvalue weighted by Gasteiger charge is -2.14. The molecule has 3 heteroatoms. The molecular formula is C10H18N2S. The molecule has 1 rings (SSSR count). The van der Waals surface area contributed by atoms with Crippen LogP contribution in [0, 0.1) is 0 Å². The van der Waals surface area contributed by atoms with Gasteiger partial charge in [0.1, 0.15) is 0 Å². The lowest BCUT2D eigenvalue weighted by atomic mass is 10.1. The van der Waals surface area contributed by atoms with Crippen molar-refractivity contribution in [3.8, 4) is 0 Å². The zero-order valence-electron chi connectivity index (χ0n) is 8.42. The number of aromatic nitrogens is 1. The number of hydrogen-bond donors (Lipinski definition) is 1. The molecule has 0 radical (unpaired) electrons. The molecule has 74 valence electrons. The molecule has 0 amide bonds. The van der Waals surface area contributed by atoms with Crippen LogP contribution in [0.2, 0.25) is 0 Å². The van der Waals surface area contributed by atoms with Crippen LogP contribution in [-0.2, 0) is 6.42 Å². The molecule has 1 aromatic rings. The van der Waals surface area contributed by atoms with E-state index in [0.717, 1.165) is 13.0 Å². The highest BCUT2D eigenvalue weighted by Gasteiger charge is 2.07. The standard InChI is InChI=1S/C10H18N2S/c1-3-5-11-9(4-2)8-10-12-6-7-13-10/h6-7,9,11H,3-5,8H2,1-2H3. The lowest BCUT2D eigenvalue weighted by Crippen LogP contribution is -2.30. The van der Waals surface area contributed by atoms with Gasteiger partial charge in [-0.2, -0.15) is 0 Å². The van der Waals surface area contributed by atoms with Crippen LogP contribution in [-0.4, -0.2) is 17.6 Å². The predicted octanol–water partition coefficient (Wildman–Crippen LogP) is 2.46. The largest absolute Gasteiger partial charge is 0.314 e. The number of hydrogen-bond acceptors (Lipinski definition) is 3. The molecule has 1 N–H and O–H groups in total. The molecule has 0 spiro atoms. The minimum atomic E-state index is 0.603. The third-order valence-corrected chi connectivity index (χ3v) is 2.88. The summed E-state index contributed by atoms with van der Waals surface area (Å²) in [6.45, 7) is 5.54. The van der Waals surface area contributed by atoms with Crippen molar-refractivity contribution in [3.05, 3.63) is 16.6 Å². The van der Waals surface area contributed by atoms with Crippen molar-refractivity contribution >= 4 is 11.3 Å². The van der Waals surface area contributed by atoms with Crippen molar-refractivity contribution in [1.82, 2.24) is 10.3 Å². The van der Waals surface area contributed by atoms with E-state index in [1.54, 1.807) is 11.3 Å². The van der Waals surface area contributed by atoms with Crippen LogP contribution < -0.4 is 5.32 Å². The summed E-state index contributed by atoms with van der Waals surface area (Å²) >= 11 is 1.75. The molecule has 0 aliphatic carbocycles. The Bertz CT molecular complexity index is 209. The van der Waals surface area contributed by atoms with Gasteiger partial charge in [0.2, 0.25) is 0 Å². The highest BCUT2D eigenvalue weighted by atomic mass is 32.1. The first-order valence-electron chi connectivity index (χ1n) is 4.98. The molecular weight excluding hydrogens is 180 g/mol. The van der Waals surface area contributed by atoms with E-state index in [-0.39, 0.29) is 0 Å². The summed E-state index contributed by atoms with van der Waals surface area (Å²) in [6.07, 6.45) is 5.34. The second kappa shape index (κ2) is 6.11. The Balaban J connectivity index is 2.31. The Labute approximate surface area is 84.4 Å². The summed E-state index contributed by atoms with van der Waals surface area (Å²) in [6, 6.07) is 0.603. The summed E-state index contributed by atoms with van der Waals surface area (Å²) in [4.78, 5) is 4.29. The van der Waals surface area contributed by atoms with E-state index in [1.165, 1.54) is 17.8 Å². The molecule has 1 unspecified atom stereocenters. The minimum absolute atomic E-state index is 0.603. The van der Waals surface area contributed by atoms with Crippen LogP contribution in [0.1, 0.15) is 31.7 Å². The third kappa shape index (κ3) is 3.87. The Kier molecular flexibility index (Phi) is 5.01. The van der Waals surface area contributed by atoms with Gasteiger partial charge >= 0.3 is 0 Å². The molecule has 1 atom stereocenters. The van der Waals surface area contributed by atoms with Crippen molar-refractivity contribution in [1.29, 1.82) is 0 Å². The molecule has 0 bridgehead atoms. The van der Waals surface area contributed by atoms with E-state index in [2.05, 4.69) is 24.1 Å². The van der Waals surface area contributed by atoms with E-state index < -0.39 is 0 Å². The Morgan fingerprint density at radius 2 is 2.38 bits per heavy atom. The van der Waals surface area contributed by atoms with Gasteiger partial charge < -0.3 is 5.32 Å². The maximum absolute atomic E-state index is 4.29. The van der Waals surface area contributed by atoms with Crippen LogP contribution in [0.3, 0.4) is 0 Å². The van der Waals surface area contributed by atoms with Crippen molar-refractivity contribution in [2.45, 2.75) is 39.2 Å². The van der Waals surface area contributed by atoms with Gasteiger partial charge in [0.05, 0.1) is 5.01 Å². The lowest BCUT2D eigenvalue weighted by molar-refractivity contribution is 0.494. The van der Waals surface area contributed by atoms with Gasteiger partial charge in [-0.3, -0.25) is 0 Å². The maximum atomic E-state index is 4.29. The zero-order chi connectivity index (χ0) is 9.52. The number of thiazole rings is 1. The molecule has 0 aromatic carbocycles. The number of nitrogens with one attached hydrogen (secondary N) is 1. The second-order valence-corrected chi connectivity index (χ2v) is 4.17. The fourth-order valence-corrected chi connectivity index (χ4v) is 1.97. The summed E-state index contributed by atoms with van der Waals surface area (Å²) < 4.78 is 0. The van der Waals surface area contributed by atoms with Crippen molar-refractivity contribution < 1.29 is 0 Å². The van der Waals surface area contributed by atoms with E-state index in [1.807, 2.05) is 11.6 Å². The summed E-state index contributed by atoms with van der Waals surface area (Å²) in [5.74, 6) is 0. The first-order chi connectivity index (χ1) is 6.36. The number of rotatable bonds is 6. The Morgan fingerprint density at radius 3 is 2.92 bits per heavy atom. The third-order valence-electron chi connectivity index (χ3n) is 2.08.